The highest BCUT2D eigenvalue weighted by atomic mass is 16.2. The van der Waals surface area contributed by atoms with Gasteiger partial charge in [0.25, 0.3) is 0 Å². The van der Waals surface area contributed by atoms with Gasteiger partial charge >= 0.3 is 0 Å². The molecule has 4 heterocycles. The van der Waals surface area contributed by atoms with Crippen LogP contribution >= 0.6 is 0 Å². The number of nitrogens with one attached hydrogen (secondary N) is 4. The maximum atomic E-state index is 13.0. The summed E-state index contributed by atoms with van der Waals surface area (Å²) in [5, 5.41) is 17.4. The second kappa shape index (κ2) is 8.45. The second-order valence-electron chi connectivity index (χ2n) is 9.19. The summed E-state index contributed by atoms with van der Waals surface area (Å²) in [6.45, 7) is 6.90. The third-order valence-electron chi connectivity index (χ3n) is 6.61. The molecule has 0 spiro atoms. The standard InChI is InChI=1S/C22H32N8O/c1-13(2)17-11-19(29-28-17)26-20-15-5-3-6-16(15)25-22(27-20)30-10-4-7-18(30)21(31)24-14-8-9-23-12-14/h11,13-14,18,23H,3-10,12H2,1-2H3,(H,24,31)(H2,25,26,27,28,29)/t14?,18-/m1/s1. The number of aryl methyl sites for hydroxylation is 1. The molecule has 9 nitrogen and oxygen atoms in total. The monoisotopic (exact) mass is 424 g/mol. The minimum absolute atomic E-state index is 0.0960. The van der Waals surface area contributed by atoms with Gasteiger partial charge in [-0.25, -0.2) is 4.98 Å². The van der Waals surface area contributed by atoms with Gasteiger partial charge < -0.3 is 20.9 Å². The largest absolute Gasteiger partial charge is 0.350 e. The Morgan fingerprint density at radius 2 is 2.13 bits per heavy atom. The molecule has 0 saturated carbocycles. The molecule has 2 fully saturated rings. The number of hydrogen-bond acceptors (Lipinski definition) is 7. The molecule has 1 amide bonds. The Bertz CT molecular complexity index is 949. The van der Waals surface area contributed by atoms with Crippen LogP contribution in [0.5, 0.6) is 0 Å². The van der Waals surface area contributed by atoms with Gasteiger partial charge in [-0.2, -0.15) is 10.1 Å². The highest BCUT2D eigenvalue weighted by molar-refractivity contribution is 5.85. The van der Waals surface area contributed by atoms with Gasteiger partial charge in [0.15, 0.2) is 5.82 Å². The number of aromatic amines is 1. The van der Waals surface area contributed by atoms with Crippen molar-refractivity contribution in [2.24, 2.45) is 0 Å². The summed E-state index contributed by atoms with van der Waals surface area (Å²) < 4.78 is 0. The highest BCUT2D eigenvalue weighted by Gasteiger charge is 2.35. The normalized spacial score (nSPS) is 22.9. The third-order valence-corrected chi connectivity index (χ3v) is 6.61. The van der Waals surface area contributed by atoms with Crippen molar-refractivity contribution in [1.82, 2.24) is 30.8 Å². The summed E-state index contributed by atoms with van der Waals surface area (Å²) in [4.78, 5) is 24.9. The van der Waals surface area contributed by atoms with Gasteiger partial charge in [0.2, 0.25) is 11.9 Å². The number of anilines is 3. The van der Waals surface area contributed by atoms with E-state index in [-0.39, 0.29) is 18.0 Å². The van der Waals surface area contributed by atoms with E-state index in [0.717, 1.165) is 81.2 Å². The summed E-state index contributed by atoms with van der Waals surface area (Å²) in [6.07, 6.45) is 5.81. The molecule has 2 aliphatic heterocycles. The van der Waals surface area contributed by atoms with Crippen molar-refractivity contribution in [3.63, 3.8) is 0 Å². The van der Waals surface area contributed by atoms with Crippen LogP contribution in [0.2, 0.25) is 0 Å². The Balaban J connectivity index is 1.39. The maximum Gasteiger partial charge on any atom is 0.243 e. The van der Waals surface area contributed by atoms with Crippen LogP contribution in [0.3, 0.4) is 0 Å². The van der Waals surface area contributed by atoms with Gasteiger partial charge in [0.05, 0.1) is 5.69 Å². The first-order valence-electron chi connectivity index (χ1n) is 11.6. The van der Waals surface area contributed by atoms with Crippen molar-refractivity contribution in [2.75, 3.05) is 29.9 Å². The SMILES string of the molecule is CC(C)c1cc(Nc2nc(N3CCC[C@@H]3C(=O)NC3CCNC3)nc3c2CCC3)n[nH]1. The van der Waals surface area contributed by atoms with Crippen LogP contribution < -0.4 is 20.9 Å². The Hall–Kier alpha value is -2.68. The van der Waals surface area contributed by atoms with Crippen LogP contribution in [0.4, 0.5) is 17.6 Å². The molecule has 2 atom stereocenters. The molecule has 31 heavy (non-hydrogen) atoms. The molecular formula is C22H32N8O. The number of amides is 1. The lowest BCUT2D eigenvalue weighted by Gasteiger charge is -2.26. The van der Waals surface area contributed by atoms with Gasteiger partial charge in [-0.1, -0.05) is 13.8 Å². The predicted octanol–water partition coefficient (Wildman–Crippen LogP) is 2.00. The Morgan fingerprint density at radius 3 is 2.90 bits per heavy atom. The summed E-state index contributed by atoms with van der Waals surface area (Å²) in [5.74, 6) is 2.73. The molecule has 3 aliphatic rings. The fourth-order valence-electron chi connectivity index (χ4n) is 4.82. The van der Waals surface area contributed by atoms with E-state index in [9.17, 15) is 4.79 Å². The first-order valence-corrected chi connectivity index (χ1v) is 11.6. The van der Waals surface area contributed by atoms with Gasteiger partial charge in [0, 0.05) is 36.5 Å². The fourth-order valence-corrected chi connectivity index (χ4v) is 4.82. The molecule has 0 radical (unpaired) electrons. The number of carbonyl (C=O) groups excluding carboxylic acids is 1. The van der Waals surface area contributed by atoms with Crippen molar-refractivity contribution in [3.05, 3.63) is 23.0 Å². The number of carbonyl (C=O) groups is 1. The quantitative estimate of drug-likeness (QED) is 0.561. The number of aromatic nitrogens is 4. The first-order chi connectivity index (χ1) is 15.1. The van der Waals surface area contributed by atoms with Crippen molar-refractivity contribution < 1.29 is 4.79 Å². The Morgan fingerprint density at radius 1 is 1.23 bits per heavy atom. The molecule has 2 saturated heterocycles. The summed E-state index contributed by atoms with van der Waals surface area (Å²) >= 11 is 0. The summed E-state index contributed by atoms with van der Waals surface area (Å²) in [7, 11) is 0. The molecule has 5 rings (SSSR count). The van der Waals surface area contributed by atoms with Gasteiger partial charge in [-0.05, 0) is 51.0 Å². The third kappa shape index (κ3) is 4.11. The fraction of sp³-hybridized carbons (Fsp3) is 0.636. The highest BCUT2D eigenvalue weighted by Crippen LogP contribution is 2.32. The molecule has 2 aromatic rings. The van der Waals surface area contributed by atoms with Crippen LogP contribution in [0, 0.1) is 0 Å². The molecule has 0 bridgehead atoms. The van der Waals surface area contributed by atoms with Crippen LogP contribution in [0.1, 0.15) is 62.4 Å². The van der Waals surface area contributed by atoms with Crippen molar-refractivity contribution in [3.8, 4) is 0 Å². The van der Waals surface area contributed by atoms with E-state index in [1.54, 1.807) is 0 Å². The number of H-pyrrole nitrogens is 1. The Kier molecular flexibility index (Phi) is 5.52. The summed E-state index contributed by atoms with van der Waals surface area (Å²) in [6, 6.07) is 2.06. The molecule has 1 aliphatic carbocycles. The topological polar surface area (TPSA) is 111 Å². The first kappa shape index (κ1) is 20.2. The number of fused-ring (bicyclic) bond motifs is 1. The maximum absolute atomic E-state index is 13.0. The van der Waals surface area contributed by atoms with E-state index < -0.39 is 0 Å². The van der Waals surface area contributed by atoms with Crippen molar-refractivity contribution in [2.45, 2.75) is 70.4 Å². The number of rotatable bonds is 6. The van der Waals surface area contributed by atoms with E-state index in [0.29, 0.717) is 11.9 Å². The zero-order chi connectivity index (χ0) is 21.4. The molecule has 166 valence electrons. The smallest absolute Gasteiger partial charge is 0.243 e. The average molecular weight is 425 g/mol. The van der Waals surface area contributed by atoms with Crippen molar-refractivity contribution >= 4 is 23.5 Å². The zero-order valence-electron chi connectivity index (χ0n) is 18.4. The van der Waals surface area contributed by atoms with E-state index in [1.807, 2.05) is 6.07 Å². The summed E-state index contributed by atoms with van der Waals surface area (Å²) in [5.41, 5.74) is 3.36. The number of hydrogen-bond donors (Lipinski definition) is 4. The van der Waals surface area contributed by atoms with Crippen LogP contribution in [0.25, 0.3) is 0 Å². The molecule has 2 aromatic heterocycles. The lowest BCUT2D eigenvalue weighted by molar-refractivity contribution is -0.122. The van der Waals surface area contributed by atoms with Gasteiger partial charge in [-0.3, -0.25) is 9.89 Å². The molecular weight excluding hydrogens is 392 g/mol. The molecule has 1 unspecified atom stereocenters. The zero-order valence-corrected chi connectivity index (χ0v) is 18.4. The van der Waals surface area contributed by atoms with E-state index >= 15 is 0 Å². The van der Waals surface area contributed by atoms with E-state index in [4.69, 9.17) is 9.97 Å². The van der Waals surface area contributed by atoms with Crippen LogP contribution in [-0.2, 0) is 17.6 Å². The van der Waals surface area contributed by atoms with Gasteiger partial charge in [0.1, 0.15) is 11.9 Å². The molecule has 4 N–H and O–H groups in total. The molecule has 9 heteroatoms. The second-order valence-corrected chi connectivity index (χ2v) is 9.19. The van der Waals surface area contributed by atoms with Crippen LogP contribution in [0.15, 0.2) is 6.07 Å². The minimum atomic E-state index is -0.203. The number of nitrogens with zero attached hydrogens (tertiary/aromatic N) is 4. The van der Waals surface area contributed by atoms with E-state index in [1.165, 1.54) is 5.56 Å². The van der Waals surface area contributed by atoms with Gasteiger partial charge in [-0.15, -0.1) is 0 Å². The van der Waals surface area contributed by atoms with Crippen molar-refractivity contribution in [1.29, 1.82) is 0 Å². The minimum Gasteiger partial charge on any atom is -0.350 e. The lowest BCUT2D eigenvalue weighted by atomic mass is 10.1. The average Bonchev–Trinajstić information content (AvgIpc) is 3.53. The lowest BCUT2D eigenvalue weighted by Crippen LogP contribution is -2.48. The van der Waals surface area contributed by atoms with E-state index in [2.05, 4.69) is 44.9 Å². The Labute approximate surface area is 182 Å². The predicted molar refractivity (Wildman–Crippen MR) is 120 cm³/mol. The molecule has 0 aromatic carbocycles. The van der Waals surface area contributed by atoms with Crippen LogP contribution in [-0.4, -0.2) is 57.8 Å².